The van der Waals surface area contributed by atoms with Crippen LogP contribution in [-0.4, -0.2) is 22.6 Å². The summed E-state index contributed by atoms with van der Waals surface area (Å²) in [6, 6.07) is 2.51. The van der Waals surface area contributed by atoms with Crippen LogP contribution in [0.3, 0.4) is 0 Å². The van der Waals surface area contributed by atoms with Gasteiger partial charge in [-0.2, -0.15) is 4.98 Å². The molecule has 0 radical (unpaired) electrons. The van der Waals surface area contributed by atoms with Crippen molar-refractivity contribution in [3.63, 3.8) is 0 Å². The van der Waals surface area contributed by atoms with E-state index in [0.29, 0.717) is 24.4 Å². The molecule has 0 unspecified atom stereocenters. The predicted octanol–water partition coefficient (Wildman–Crippen LogP) is 4.21. The standard InChI is InChI=1S/C17H29N3O/c1-4-8-15-19-16(18-14-9-6-5-7-10-14)11-17(20-15)21-12-13(2)3/h11,13-14H,4-10,12H2,1-3H3,(H,18,19,20). The van der Waals surface area contributed by atoms with Crippen LogP contribution < -0.4 is 10.1 Å². The zero-order chi connectivity index (χ0) is 15.1. The lowest BCUT2D eigenvalue weighted by atomic mass is 9.95. The van der Waals surface area contributed by atoms with E-state index in [1.54, 1.807) is 0 Å². The Kier molecular flexibility index (Phi) is 6.27. The first-order valence-corrected chi connectivity index (χ1v) is 8.44. The van der Waals surface area contributed by atoms with E-state index < -0.39 is 0 Å². The largest absolute Gasteiger partial charge is 0.477 e. The minimum absolute atomic E-state index is 0.504. The van der Waals surface area contributed by atoms with Crippen LogP contribution in [-0.2, 0) is 6.42 Å². The minimum Gasteiger partial charge on any atom is -0.477 e. The van der Waals surface area contributed by atoms with Crippen LogP contribution in [0.15, 0.2) is 6.07 Å². The number of ether oxygens (including phenoxy) is 1. The third kappa shape index (κ3) is 5.52. The van der Waals surface area contributed by atoms with Gasteiger partial charge in [0, 0.05) is 18.5 Å². The quantitative estimate of drug-likeness (QED) is 0.817. The maximum Gasteiger partial charge on any atom is 0.218 e. The molecule has 0 aliphatic heterocycles. The lowest BCUT2D eigenvalue weighted by Crippen LogP contribution is -2.23. The second-order valence-electron chi connectivity index (χ2n) is 6.44. The van der Waals surface area contributed by atoms with Crippen LogP contribution in [0.1, 0.15) is 65.1 Å². The summed E-state index contributed by atoms with van der Waals surface area (Å²) in [6.07, 6.45) is 8.45. The molecule has 0 atom stereocenters. The fourth-order valence-corrected chi connectivity index (χ4v) is 2.66. The number of anilines is 1. The molecule has 4 heteroatoms. The molecule has 0 saturated heterocycles. The highest BCUT2D eigenvalue weighted by Gasteiger charge is 2.15. The third-order valence-corrected chi connectivity index (χ3v) is 3.74. The molecule has 1 heterocycles. The summed E-state index contributed by atoms with van der Waals surface area (Å²) in [4.78, 5) is 9.16. The van der Waals surface area contributed by atoms with Crippen molar-refractivity contribution in [3.8, 4) is 5.88 Å². The van der Waals surface area contributed by atoms with Crippen molar-refractivity contribution >= 4 is 5.82 Å². The van der Waals surface area contributed by atoms with Crippen molar-refractivity contribution in [2.45, 2.75) is 71.8 Å². The van der Waals surface area contributed by atoms with Gasteiger partial charge in [-0.3, -0.25) is 0 Å². The molecule has 4 nitrogen and oxygen atoms in total. The molecule has 0 bridgehead atoms. The first kappa shape index (κ1) is 16.1. The smallest absolute Gasteiger partial charge is 0.218 e. The molecule has 0 spiro atoms. The normalized spacial score (nSPS) is 16.2. The summed E-state index contributed by atoms with van der Waals surface area (Å²) in [7, 11) is 0. The molecular formula is C17H29N3O. The summed E-state index contributed by atoms with van der Waals surface area (Å²) in [5.74, 6) is 3.03. The summed E-state index contributed by atoms with van der Waals surface area (Å²) in [5, 5.41) is 3.58. The molecule has 118 valence electrons. The van der Waals surface area contributed by atoms with Crippen LogP contribution in [0, 0.1) is 5.92 Å². The zero-order valence-electron chi connectivity index (χ0n) is 13.7. The highest BCUT2D eigenvalue weighted by atomic mass is 16.5. The van der Waals surface area contributed by atoms with Crippen LogP contribution >= 0.6 is 0 Å². The molecule has 2 rings (SSSR count). The van der Waals surface area contributed by atoms with Gasteiger partial charge in [0.2, 0.25) is 5.88 Å². The number of nitrogens with zero attached hydrogens (tertiary/aromatic N) is 2. The van der Waals surface area contributed by atoms with Gasteiger partial charge in [0.05, 0.1) is 6.61 Å². The van der Waals surface area contributed by atoms with Crippen LogP contribution in [0.25, 0.3) is 0 Å². The fourth-order valence-electron chi connectivity index (χ4n) is 2.66. The van der Waals surface area contributed by atoms with Crippen molar-refractivity contribution < 1.29 is 4.74 Å². The Balaban J connectivity index is 2.06. The van der Waals surface area contributed by atoms with E-state index in [0.717, 1.165) is 24.5 Å². The van der Waals surface area contributed by atoms with Gasteiger partial charge in [0.1, 0.15) is 11.6 Å². The number of hydrogen-bond donors (Lipinski definition) is 1. The molecule has 21 heavy (non-hydrogen) atoms. The summed E-state index contributed by atoms with van der Waals surface area (Å²) < 4.78 is 5.79. The van der Waals surface area contributed by atoms with Gasteiger partial charge in [0.25, 0.3) is 0 Å². The van der Waals surface area contributed by atoms with E-state index >= 15 is 0 Å². The highest BCUT2D eigenvalue weighted by molar-refractivity contribution is 5.39. The van der Waals surface area contributed by atoms with Gasteiger partial charge in [-0.05, 0) is 25.2 Å². The van der Waals surface area contributed by atoms with E-state index in [4.69, 9.17) is 4.74 Å². The van der Waals surface area contributed by atoms with Crippen molar-refractivity contribution in [2.24, 2.45) is 5.92 Å². The Morgan fingerprint density at radius 2 is 2.00 bits per heavy atom. The predicted molar refractivity (Wildman–Crippen MR) is 86.9 cm³/mol. The van der Waals surface area contributed by atoms with Gasteiger partial charge < -0.3 is 10.1 Å². The zero-order valence-corrected chi connectivity index (χ0v) is 13.7. The first-order chi connectivity index (χ1) is 10.2. The van der Waals surface area contributed by atoms with Crippen molar-refractivity contribution in [1.29, 1.82) is 0 Å². The number of rotatable bonds is 7. The average molecular weight is 291 g/mol. The van der Waals surface area contributed by atoms with Crippen molar-refractivity contribution in [3.05, 3.63) is 11.9 Å². The number of aromatic nitrogens is 2. The van der Waals surface area contributed by atoms with Crippen LogP contribution in [0.4, 0.5) is 5.82 Å². The monoisotopic (exact) mass is 291 g/mol. The molecule has 1 aromatic rings. The number of nitrogens with one attached hydrogen (secondary N) is 1. The molecule has 1 N–H and O–H groups in total. The van der Waals surface area contributed by atoms with E-state index in [-0.39, 0.29) is 0 Å². The average Bonchev–Trinajstić information content (AvgIpc) is 2.46. The van der Waals surface area contributed by atoms with E-state index in [9.17, 15) is 0 Å². The topological polar surface area (TPSA) is 47.0 Å². The Morgan fingerprint density at radius 3 is 2.67 bits per heavy atom. The lowest BCUT2D eigenvalue weighted by molar-refractivity contribution is 0.260. The number of hydrogen-bond acceptors (Lipinski definition) is 4. The molecule has 1 aliphatic rings. The van der Waals surface area contributed by atoms with Gasteiger partial charge in [-0.25, -0.2) is 4.98 Å². The Hall–Kier alpha value is -1.32. The summed E-state index contributed by atoms with van der Waals surface area (Å²) in [5.41, 5.74) is 0. The van der Waals surface area contributed by atoms with Crippen LogP contribution in [0.5, 0.6) is 5.88 Å². The Morgan fingerprint density at radius 1 is 1.24 bits per heavy atom. The fraction of sp³-hybridized carbons (Fsp3) is 0.765. The molecule has 1 aliphatic carbocycles. The van der Waals surface area contributed by atoms with E-state index in [1.165, 1.54) is 32.1 Å². The number of aryl methyl sites for hydroxylation is 1. The molecule has 1 fully saturated rings. The van der Waals surface area contributed by atoms with Crippen molar-refractivity contribution in [1.82, 2.24) is 9.97 Å². The van der Waals surface area contributed by atoms with Gasteiger partial charge in [0.15, 0.2) is 0 Å². The van der Waals surface area contributed by atoms with Gasteiger partial charge >= 0.3 is 0 Å². The Labute approximate surface area is 128 Å². The molecule has 0 aromatic carbocycles. The maximum absolute atomic E-state index is 5.79. The van der Waals surface area contributed by atoms with Crippen molar-refractivity contribution in [2.75, 3.05) is 11.9 Å². The minimum atomic E-state index is 0.504. The van der Waals surface area contributed by atoms with Gasteiger partial charge in [-0.15, -0.1) is 0 Å². The molecule has 0 amide bonds. The second-order valence-corrected chi connectivity index (χ2v) is 6.44. The van der Waals surface area contributed by atoms with Gasteiger partial charge in [-0.1, -0.05) is 40.0 Å². The molecule has 1 aromatic heterocycles. The third-order valence-electron chi connectivity index (χ3n) is 3.74. The highest BCUT2D eigenvalue weighted by Crippen LogP contribution is 2.22. The van der Waals surface area contributed by atoms with E-state index in [2.05, 4.69) is 36.1 Å². The lowest BCUT2D eigenvalue weighted by Gasteiger charge is -2.23. The summed E-state index contributed by atoms with van der Waals surface area (Å²) >= 11 is 0. The summed E-state index contributed by atoms with van der Waals surface area (Å²) in [6.45, 7) is 7.15. The van der Waals surface area contributed by atoms with E-state index in [1.807, 2.05) is 6.07 Å². The maximum atomic E-state index is 5.79. The Bertz CT molecular complexity index is 428. The molecular weight excluding hydrogens is 262 g/mol. The second kappa shape index (κ2) is 8.20. The van der Waals surface area contributed by atoms with Crippen LogP contribution in [0.2, 0.25) is 0 Å². The SMILES string of the molecule is CCCc1nc(NC2CCCCC2)cc(OCC(C)C)n1. The first-order valence-electron chi connectivity index (χ1n) is 8.44. The molecule has 1 saturated carbocycles.